The van der Waals surface area contributed by atoms with Gasteiger partial charge in [-0.05, 0) is 42.0 Å². The van der Waals surface area contributed by atoms with Crippen LogP contribution in [0.5, 0.6) is 0 Å². The Hall–Kier alpha value is -2.70. The third kappa shape index (κ3) is 3.86. The number of hydrogen-bond donors (Lipinski definition) is 0. The van der Waals surface area contributed by atoms with Gasteiger partial charge in [0.25, 0.3) is 0 Å². The molecule has 0 unspecified atom stereocenters. The predicted octanol–water partition coefficient (Wildman–Crippen LogP) is 5.41. The number of benzene rings is 2. The van der Waals surface area contributed by atoms with Crippen molar-refractivity contribution in [3.8, 4) is 17.1 Å². The van der Waals surface area contributed by atoms with Crippen LogP contribution >= 0.6 is 23.4 Å². The van der Waals surface area contributed by atoms with Gasteiger partial charge < -0.3 is 0 Å². The number of halogens is 2. The van der Waals surface area contributed by atoms with Gasteiger partial charge in [0.15, 0.2) is 11.0 Å². The molecule has 4 nitrogen and oxygen atoms in total. The van der Waals surface area contributed by atoms with Crippen LogP contribution in [0.4, 0.5) is 4.39 Å². The first-order valence-electron chi connectivity index (χ1n) is 8.20. The second kappa shape index (κ2) is 7.90. The molecule has 0 saturated carbocycles. The fourth-order valence-electron chi connectivity index (χ4n) is 2.63. The molecule has 0 aliphatic rings. The molecule has 0 bridgehead atoms. The minimum Gasteiger partial charge on any atom is -0.268 e. The zero-order chi connectivity index (χ0) is 18.6. The normalized spacial score (nSPS) is 10.9. The molecule has 0 atom stereocenters. The van der Waals surface area contributed by atoms with Crippen LogP contribution in [-0.2, 0) is 5.75 Å². The highest BCUT2D eigenvalue weighted by atomic mass is 35.5. The number of para-hydroxylation sites is 1. The molecule has 4 aromatic rings. The highest BCUT2D eigenvalue weighted by Gasteiger charge is 2.18. The van der Waals surface area contributed by atoms with Crippen LogP contribution in [0.25, 0.3) is 17.1 Å². The lowest BCUT2D eigenvalue weighted by molar-refractivity contribution is 0.627. The number of nitrogens with zero attached hydrogens (tertiary/aromatic N) is 4. The quantitative estimate of drug-likeness (QED) is 0.423. The van der Waals surface area contributed by atoms with E-state index in [9.17, 15) is 4.39 Å². The van der Waals surface area contributed by atoms with Crippen LogP contribution in [0.2, 0.25) is 5.02 Å². The Morgan fingerprint density at radius 1 is 0.926 bits per heavy atom. The summed E-state index contributed by atoms with van der Waals surface area (Å²) in [6.45, 7) is 0. The highest BCUT2D eigenvalue weighted by molar-refractivity contribution is 7.98. The van der Waals surface area contributed by atoms with Crippen LogP contribution < -0.4 is 0 Å². The first-order chi connectivity index (χ1) is 13.2. The van der Waals surface area contributed by atoms with Crippen molar-refractivity contribution in [3.05, 3.63) is 89.5 Å². The van der Waals surface area contributed by atoms with Gasteiger partial charge in [0.1, 0.15) is 5.82 Å². The molecule has 0 aliphatic carbocycles. The van der Waals surface area contributed by atoms with Gasteiger partial charge in [-0.2, -0.15) is 0 Å². The summed E-state index contributed by atoms with van der Waals surface area (Å²) in [6.07, 6.45) is 3.43. The minimum atomic E-state index is -0.247. The van der Waals surface area contributed by atoms with Gasteiger partial charge in [-0.1, -0.05) is 47.6 Å². The lowest BCUT2D eigenvalue weighted by atomic mass is 10.2. The largest absolute Gasteiger partial charge is 0.268 e. The van der Waals surface area contributed by atoms with E-state index in [2.05, 4.69) is 15.2 Å². The Bertz CT molecular complexity index is 1050. The Morgan fingerprint density at radius 2 is 1.67 bits per heavy atom. The van der Waals surface area contributed by atoms with E-state index in [1.807, 2.05) is 41.0 Å². The van der Waals surface area contributed by atoms with Crippen molar-refractivity contribution in [2.75, 3.05) is 0 Å². The van der Waals surface area contributed by atoms with Crippen LogP contribution in [0, 0.1) is 5.82 Å². The smallest absolute Gasteiger partial charge is 0.196 e. The summed E-state index contributed by atoms with van der Waals surface area (Å²) in [5.74, 6) is 1.08. The number of aromatic nitrogens is 4. The Balaban J connectivity index is 1.74. The maximum Gasteiger partial charge on any atom is 0.196 e. The summed E-state index contributed by atoms with van der Waals surface area (Å²) in [4.78, 5) is 4.06. The zero-order valence-corrected chi connectivity index (χ0v) is 15.7. The van der Waals surface area contributed by atoms with Crippen LogP contribution in [0.3, 0.4) is 0 Å². The van der Waals surface area contributed by atoms with Gasteiger partial charge in [-0.25, -0.2) is 4.39 Å². The van der Waals surface area contributed by atoms with Gasteiger partial charge in [0, 0.05) is 23.7 Å². The van der Waals surface area contributed by atoms with E-state index in [4.69, 9.17) is 11.6 Å². The van der Waals surface area contributed by atoms with E-state index in [0.29, 0.717) is 21.8 Å². The molecule has 0 N–H and O–H groups in total. The van der Waals surface area contributed by atoms with Crippen LogP contribution in [-0.4, -0.2) is 19.7 Å². The van der Waals surface area contributed by atoms with Crippen molar-refractivity contribution in [2.45, 2.75) is 10.9 Å². The maximum atomic E-state index is 13.1. The number of rotatable bonds is 5. The maximum absolute atomic E-state index is 13.1. The summed E-state index contributed by atoms with van der Waals surface area (Å²) in [5, 5.41) is 10.1. The molecule has 0 fully saturated rings. The first-order valence-corrected chi connectivity index (χ1v) is 9.57. The predicted molar refractivity (Wildman–Crippen MR) is 106 cm³/mol. The molecule has 2 aromatic heterocycles. The van der Waals surface area contributed by atoms with Gasteiger partial charge in [0.05, 0.1) is 10.7 Å². The van der Waals surface area contributed by atoms with E-state index in [1.54, 1.807) is 24.5 Å². The van der Waals surface area contributed by atoms with E-state index in [-0.39, 0.29) is 5.82 Å². The Kier molecular flexibility index (Phi) is 5.18. The van der Waals surface area contributed by atoms with Crippen molar-refractivity contribution in [2.24, 2.45) is 0 Å². The average Bonchev–Trinajstić information content (AvgIpc) is 3.12. The molecular formula is C20H14ClFN4S. The minimum absolute atomic E-state index is 0.247. The second-order valence-corrected chi connectivity index (χ2v) is 7.09. The Morgan fingerprint density at radius 3 is 2.41 bits per heavy atom. The summed E-state index contributed by atoms with van der Waals surface area (Å²) in [7, 11) is 0. The molecule has 0 aliphatic heterocycles. The summed E-state index contributed by atoms with van der Waals surface area (Å²) < 4.78 is 15.1. The number of pyridine rings is 1. The fraction of sp³-hybridized carbons (Fsp3) is 0.0500. The second-order valence-electron chi connectivity index (χ2n) is 5.74. The van der Waals surface area contributed by atoms with E-state index in [1.165, 1.54) is 23.9 Å². The first kappa shape index (κ1) is 17.7. The van der Waals surface area contributed by atoms with Crippen LogP contribution in [0.1, 0.15) is 5.56 Å². The molecule has 27 heavy (non-hydrogen) atoms. The molecule has 0 spiro atoms. The van der Waals surface area contributed by atoms with Crippen molar-refractivity contribution >= 4 is 23.4 Å². The SMILES string of the molecule is Fc1ccc(CSc2nnc(-c3ccncc3)n2-c2ccccc2Cl)cc1. The molecule has 0 radical (unpaired) electrons. The summed E-state index contributed by atoms with van der Waals surface area (Å²) in [5.41, 5.74) is 2.70. The van der Waals surface area contributed by atoms with Crippen LogP contribution in [0.15, 0.2) is 78.2 Å². The third-order valence-electron chi connectivity index (χ3n) is 3.95. The molecule has 0 saturated heterocycles. The van der Waals surface area contributed by atoms with Crippen molar-refractivity contribution < 1.29 is 4.39 Å². The highest BCUT2D eigenvalue weighted by Crippen LogP contribution is 2.32. The van der Waals surface area contributed by atoms with Crippen molar-refractivity contribution in [1.82, 2.24) is 19.7 Å². The summed E-state index contributed by atoms with van der Waals surface area (Å²) in [6, 6.07) is 17.8. The number of hydrogen-bond acceptors (Lipinski definition) is 4. The van der Waals surface area contributed by atoms with Gasteiger partial charge >= 0.3 is 0 Å². The lowest BCUT2D eigenvalue weighted by Crippen LogP contribution is -2.00. The average molecular weight is 397 g/mol. The molecular weight excluding hydrogens is 383 g/mol. The monoisotopic (exact) mass is 396 g/mol. The lowest BCUT2D eigenvalue weighted by Gasteiger charge is -2.12. The fourth-order valence-corrected chi connectivity index (χ4v) is 3.75. The van der Waals surface area contributed by atoms with E-state index in [0.717, 1.165) is 16.8 Å². The molecule has 134 valence electrons. The third-order valence-corrected chi connectivity index (χ3v) is 5.27. The molecule has 2 aromatic carbocycles. The van der Waals surface area contributed by atoms with Gasteiger partial charge in [0.2, 0.25) is 0 Å². The van der Waals surface area contributed by atoms with Crippen molar-refractivity contribution in [3.63, 3.8) is 0 Å². The molecule has 7 heteroatoms. The Labute approximate surface area is 165 Å². The standard InChI is InChI=1S/C20H14ClFN4S/c21-17-3-1-2-4-18(17)26-19(15-9-11-23-12-10-15)24-25-20(26)27-13-14-5-7-16(22)8-6-14/h1-12H,13H2. The molecule has 0 amide bonds. The number of thioether (sulfide) groups is 1. The van der Waals surface area contributed by atoms with Gasteiger partial charge in [-0.3, -0.25) is 9.55 Å². The van der Waals surface area contributed by atoms with Crippen molar-refractivity contribution in [1.29, 1.82) is 0 Å². The van der Waals surface area contributed by atoms with E-state index < -0.39 is 0 Å². The zero-order valence-electron chi connectivity index (χ0n) is 14.1. The van der Waals surface area contributed by atoms with Gasteiger partial charge in [-0.15, -0.1) is 10.2 Å². The topological polar surface area (TPSA) is 43.6 Å². The molecule has 4 rings (SSSR count). The molecule has 2 heterocycles. The van der Waals surface area contributed by atoms with E-state index >= 15 is 0 Å². The summed E-state index contributed by atoms with van der Waals surface area (Å²) >= 11 is 7.96.